The molecule has 6 N–H and O–H groups in total. The minimum Gasteiger partial charge on any atom is -0.393 e. The second-order valence-corrected chi connectivity index (χ2v) is 14.2. The largest absolute Gasteiger partial charge is 0.397 e. The monoisotopic (exact) mass is 576 g/mol. The number of hydrogen-bond acceptors (Lipinski definition) is 10. The van der Waals surface area contributed by atoms with Crippen molar-refractivity contribution in [1.29, 1.82) is 0 Å². The van der Waals surface area contributed by atoms with E-state index in [4.69, 9.17) is 14.0 Å². The second-order valence-electron chi connectivity index (χ2n) is 13.1. The maximum absolute atomic E-state index is 11.0. The van der Waals surface area contributed by atoms with E-state index >= 15 is 0 Å². The standard InChI is InChI=1S/C27H44O11S/c1-13(28)21-19(37-25-24(32)23(31)22(30)20(38-25)12-36-39(33,34)35)11-18-16-5-4-14-10-15(29)6-8-26(14,2)17(16)7-9-27(18,21)3/h4,13,15-25,28-32H,5-12H2,1-3H3,(H,33,34,35). The molecule has 1 saturated heterocycles. The van der Waals surface area contributed by atoms with E-state index in [0.717, 1.165) is 38.5 Å². The number of fused-ring (bicyclic) bond motifs is 5. The van der Waals surface area contributed by atoms with Gasteiger partial charge in [-0.1, -0.05) is 25.5 Å². The van der Waals surface area contributed by atoms with Gasteiger partial charge in [0, 0.05) is 5.92 Å². The van der Waals surface area contributed by atoms with Gasteiger partial charge in [-0.3, -0.25) is 4.55 Å². The molecule has 0 aromatic carbocycles. The summed E-state index contributed by atoms with van der Waals surface area (Å²) in [5, 5.41) is 52.7. The molecule has 0 amide bonds. The molecule has 39 heavy (non-hydrogen) atoms. The zero-order chi connectivity index (χ0) is 28.5. The van der Waals surface area contributed by atoms with E-state index in [2.05, 4.69) is 24.1 Å². The smallest absolute Gasteiger partial charge is 0.393 e. The molecular formula is C27H44O11S. The van der Waals surface area contributed by atoms with E-state index in [0.29, 0.717) is 18.3 Å². The van der Waals surface area contributed by atoms with E-state index in [-0.39, 0.29) is 28.8 Å². The average molecular weight is 577 g/mol. The summed E-state index contributed by atoms with van der Waals surface area (Å²) < 4.78 is 47.3. The van der Waals surface area contributed by atoms with Crippen LogP contribution in [0.1, 0.15) is 65.7 Å². The highest BCUT2D eigenvalue weighted by Crippen LogP contribution is 2.67. The maximum atomic E-state index is 11.0. The van der Waals surface area contributed by atoms with Crippen molar-refractivity contribution in [3.63, 3.8) is 0 Å². The molecule has 0 bridgehead atoms. The molecule has 1 heterocycles. The first-order chi connectivity index (χ1) is 18.2. The van der Waals surface area contributed by atoms with E-state index in [1.165, 1.54) is 5.57 Å². The van der Waals surface area contributed by atoms with Gasteiger partial charge in [-0.05, 0) is 80.5 Å². The van der Waals surface area contributed by atoms with Gasteiger partial charge in [0.25, 0.3) is 0 Å². The van der Waals surface area contributed by atoms with Gasteiger partial charge in [0.2, 0.25) is 0 Å². The Kier molecular flexibility index (Phi) is 8.07. The summed E-state index contributed by atoms with van der Waals surface area (Å²) in [6.45, 7) is 5.51. The van der Waals surface area contributed by atoms with Crippen molar-refractivity contribution in [3.05, 3.63) is 11.6 Å². The highest BCUT2D eigenvalue weighted by molar-refractivity contribution is 7.80. The second kappa shape index (κ2) is 10.6. The molecule has 0 radical (unpaired) electrons. The summed E-state index contributed by atoms with van der Waals surface area (Å²) in [5.74, 6) is 0.800. The van der Waals surface area contributed by atoms with Gasteiger partial charge in [-0.15, -0.1) is 0 Å². The van der Waals surface area contributed by atoms with Crippen molar-refractivity contribution in [2.24, 2.45) is 34.5 Å². The normalized spacial score (nSPS) is 50.9. The number of ether oxygens (including phenoxy) is 2. The van der Waals surface area contributed by atoms with Crippen LogP contribution in [0.2, 0.25) is 0 Å². The van der Waals surface area contributed by atoms with Crippen LogP contribution in [0.25, 0.3) is 0 Å². The third-order valence-electron chi connectivity index (χ3n) is 11.0. The SMILES string of the molecule is CC(O)C1C(OC2OC(COS(=O)(=O)O)C(O)C(O)C2O)CC2C3CC=C4CC(O)CCC4(C)C3CCC21C. The van der Waals surface area contributed by atoms with Crippen LogP contribution in [0.15, 0.2) is 11.6 Å². The van der Waals surface area contributed by atoms with Crippen molar-refractivity contribution in [1.82, 2.24) is 0 Å². The van der Waals surface area contributed by atoms with Crippen molar-refractivity contribution in [3.8, 4) is 0 Å². The predicted molar refractivity (Wildman–Crippen MR) is 137 cm³/mol. The zero-order valence-electron chi connectivity index (χ0n) is 22.8. The minimum atomic E-state index is -4.82. The molecule has 0 aromatic rings. The lowest BCUT2D eigenvalue weighted by molar-refractivity contribution is -0.315. The Morgan fingerprint density at radius 1 is 1.08 bits per heavy atom. The zero-order valence-corrected chi connectivity index (χ0v) is 23.6. The summed E-state index contributed by atoms with van der Waals surface area (Å²) in [7, 11) is -4.82. The number of rotatable bonds is 6. The van der Waals surface area contributed by atoms with E-state index in [1.54, 1.807) is 6.92 Å². The molecule has 4 aliphatic carbocycles. The molecule has 11 nitrogen and oxygen atoms in total. The Morgan fingerprint density at radius 2 is 1.79 bits per heavy atom. The third kappa shape index (κ3) is 5.24. The number of hydrogen-bond donors (Lipinski definition) is 6. The summed E-state index contributed by atoms with van der Waals surface area (Å²) >= 11 is 0. The van der Waals surface area contributed by atoms with Crippen LogP contribution in [0.3, 0.4) is 0 Å². The van der Waals surface area contributed by atoms with Crippen molar-refractivity contribution < 1.29 is 52.2 Å². The van der Waals surface area contributed by atoms with Gasteiger partial charge in [0.05, 0.1) is 24.9 Å². The van der Waals surface area contributed by atoms with E-state index in [1.807, 2.05) is 0 Å². The fraction of sp³-hybridized carbons (Fsp3) is 0.926. The lowest BCUT2D eigenvalue weighted by Crippen LogP contribution is -2.60. The fourth-order valence-corrected chi connectivity index (χ4v) is 9.47. The predicted octanol–water partition coefficient (Wildman–Crippen LogP) is 0.929. The molecule has 3 saturated carbocycles. The van der Waals surface area contributed by atoms with Crippen LogP contribution in [-0.4, -0.2) is 94.1 Å². The Bertz CT molecular complexity index is 1050. The van der Waals surface area contributed by atoms with Crippen molar-refractivity contribution in [2.45, 2.75) is 115 Å². The Labute approximate surface area is 230 Å². The molecule has 5 aliphatic rings. The molecule has 14 atom stereocenters. The van der Waals surface area contributed by atoms with Crippen LogP contribution in [0.4, 0.5) is 0 Å². The van der Waals surface area contributed by atoms with Crippen LogP contribution in [0.5, 0.6) is 0 Å². The van der Waals surface area contributed by atoms with Crippen LogP contribution >= 0.6 is 0 Å². The highest BCUT2D eigenvalue weighted by atomic mass is 32.3. The minimum absolute atomic E-state index is 0.0476. The number of allylic oxidation sites excluding steroid dienone is 1. The molecular weight excluding hydrogens is 532 g/mol. The first-order valence-corrected chi connectivity index (χ1v) is 15.5. The van der Waals surface area contributed by atoms with Crippen LogP contribution < -0.4 is 0 Å². The molecule has 14 unspecified atom stereocenters. The summed E-state index contributed by atoms with van der Waals surface area (Å²) in [4.78, 5) is 0. The number of aliphatic hydroxyl groups is 5. The van der Waals surface area contributed by atoms with Gasteiger partial charge < -0.3 is 35.0 Å². The molecule has 5 rings (SSSR count). The van der Waals surface area contributed by atoms with Gasteiger partial charge in [-0.25, -0.2) is 4.18 Å². The van der Waals surface area contributed by atoms with Crippen LogP contribution in [-0.2, 0) is 24.1 Å². The lowest BCUT2D eigenvalue weighted by Gasteiger charge is -2.58. The molecule has 0 spiro atoms. The topological polar surface area (TPSA) is 183 Å². The first-order valence-electron chi connectivity index (χ1n) is 14.2. The van der Waals surface area contributed by atoms with Crippen molar-refractivity contribution >= 4 is 10.4 Å². The maximum Gasteiger partial charge on any atom is 0.397 e. The summed E-state index contributed by atoms with van der Waals surface area (Å²) in [5.41, 5.74) is 1.18. The van der Waals surface area contributed by atoms with Gasteiger partial charge >= 0.3 is 10.4 Å². The Balaban J connectivity index is 1.37. The summed E-state index contributed by atoms with van der Waals surface area (Å²) in [6, 6.07) is 0. The van der Waals surface area contributed by atoms with E-state index in [9.17, 15) is 34.0 Å². The van der Waals surface area contributed by atoms with Gasteiger partial charge in [0.1, 0.15) is 24.4 Å². The average Bonchev–Trinajstić information content (AvgIpc) is 3.15. The highest BCUT2D eigenvalue weighted by Gasteiger charge is 2.63. The van der Waals surface area contributed by atoms with Crippen LogP contribution in [0, 0.1) is 34.5 Å². The summed E-state index contributed by atoms with van der Waals surface area (Å²) in [6.07, 6.45) is -1.02. The van der Waals surface area contributed by atoms with Gasteiger partial charge in [0.15, 0.2) is 6.29 Å². The number of aliphatic hydroxyl groups excluding tert-OH is 5. The molecule has 224 valence electrons. The first kappa shape index (κ1) is 29.8. The Morgan fingerprint density at radius 3 is 2.46 bits per heavy atom. The molecule has 4 fully saturated rings. The van der Waals surface area contributed by atoms with E-state index < -0.39 is 59.9 Å². The Hall–Kier alpha value is -0.670. The molecule has 12 heteroatoms. The third-order valence-corrected chi connectivity index (χ3v) is 11.5. The van der Waals surface area contributed by atoms with Gasteiger partial charge in [-0.2, -0.15) is 8.42 Å². The molecule has 0 aromatic heterocycles. The molecule has 1 aliphatic heterocycles. The fourth-order valence-electron chi connectivity index (χ4n) is 9.16. The lowest BCUT2D eigenvalue weighted by atomic mass is 9.47. The van der Waals surface area contributed by atoms with Crippen molar-refractivity contribution in [2.75, 3.05) is 6.61 Å². The quantitative estimate of drug-likeness (QED) is 0.195.